The third-order valence-electron chi connectivity index (χ3n) is 3.66. The van der Waals surface area contributed by atoms with Gasteiger partial charge in [-0.05, 0) is 37.3 Å². The molecule has 0 fully saturated rings. The van der Waals surface area contributed by atoms with E-state index in [0.717, 1.165) is 15.2 Å². The maximum atomic E-state index is 12.3. The first-order valence-corrected chi connectivity index (χ1v) is 7.93. The van der Waals surface area contributed by atoms with Crippen molar-refractivity contribution >= 4 is 39.3 Å². The lowest BCUT2D eigenvalue weighted by atomic mass is 10.1. The van der Waals surface area contributed by atoms with Crippen LogP contribution in [-0.2, 0) is 4.84 Å². The van der Waals surface area contributed by atoms with Gasteiger partial charge in [-0.1, -0.05) is 17.2 Å². The second-order valence-electron chi connectivity index (χ2n) is 5.24. The van der Waals surface area contributed by atoms with Gasteiger partial charge in [-0.2, -0.15) is 0 Å². The summed E-state index contributed by atoms with van der Waals surface area (Å²) in [6, 6.07) is 11.2. The quantitative estimate of drug-likeness (QED) is 0.671. The summed E-state index contributed by atoms with van der Waals surface area (Å²) in [5.41, 5.74) is 1.49. The summed E-state index contributed by atoms with van der Waals surface area (Å²) in [5.74, 6) is -2.05. The number of aryl methyl sites for hydroxylation is 1. The second-order valence-corrected chi connectivity index (χ2v) is 6.48. The van der Waals surface area contributed by atoms with Crippen LogP contribution in [0, 0.1) is 6.92 Å². The minimum Gasteiger partial charge on any atom is -0.324 e. The normalized spacial score (nSPS) is 13.5. The van der Waals surface area contributed by atoms with E-state index in [0.29, 0.717) is 5.06 Å². The van der Waals surface area contributed by atoms with E-state index in [-0.39, 0.29) is 16.7 Å². The number of nitrogens with zero attached hydrogens (tertiary/aromatic N) is 2. The molecule has 0 spiro atoms. The van der Waals surface area contributed by atoms with Crippen LogP contribution in [0.3, 0.4) is 0 Å². The van der Waals surface area contributed by atoms with Crippen molar-refractivity contribution in [1.29, 1.82) is 0 Å². The number of benzene rings is 2. The van der Waals surface area contributed by atoms with Gasteiger partial charge < -0.3 is 4.84 Å². The Morgan fingerprint density at radius 2 is 1.75 bits per heavy atom. The van der Waals surface area contributed by atoms with Gasteiger partial charge in [-0.15, -0.1) is 11.3 Å². The summed E-state index contributed by atoms with van der Waals surface area (Å²) >= 11 is 1.45. The Hall–Kier alpha value is -3.06. The van der Waals surface area contributed by atoms with Crippen LogP contribution < -0.4 is 0 Å². The van der Waals surface area contributed by atoms with Gasteiger partial charge in [-0.25, -0.2) is 9.78 Å². The topological polar surface area (TPSA) is 76.6 Å². The van der Waals surface area contributed by atoms with Crippen LogP contribution in [0.15, 0.2) is 42.5 Å². The molecular formula is C17H10N2O4S. The first-order chi connectivity index (χ1) is 11.5. The van der Waals surface area contributed by atoms with E-state index in [9.17, 15) is 14.4 Å². The number of amides is 2. The Morgan fingerprint density at radius 1 is 1.08 bits per heavy atom. The fourth-order valence-electron chi connectivity index (χ4n) is 2.55. The molecule has 4 rings (SSSR count). The number of hydrogen-bond donors (Lipinski definition) is 0. The molecule has 6 nitrogen and oxygen atoms in total. The molecule has 2 amide bonds. The fraction of sp³-hybridized carbons (Fsp3) is 0.0588. The summed E-state index contributed by atoms with van der Waals surface area (Å²) in [6.45, 7) is 1.88. The van der Waals surface area contributed by atoms with Crippen molar-refractivity contribution in [2.24, 2.45) is 0 Å². The number of imide groups is 1. The van der Waals surface area contributed by atoms with Crippen LogP contribution >= 0.6 is 11.3 Å². The van der Waals surface area contributed by atoms with Crippen LogP contribution in [-0.4, -0.2) is 27.8 Å². The minimum atomic E-state index is -0.766. The SMILES string of the molecule is Cc1nc2ccc(C(=O)ON3C(=O)c4ccccc4C3=O)cc2s1. The van der Waals surface area contributed by atoms with Crippen molar-refractivity contribution in [2.75, 3.05) is 0 Å². The van der Waals surface area contributed by atoms with E-state index >= 15 is 0 Å². The monoisotopic (exact) mass is 338 g/mol. The van der Waals surface area contributed by atoms with Gasteiger partial charge in [-0.3, -0.25) is 9.59 Å². The summed E-state index contributed by atoms with van der Waals surface area (Å²) in [5, 5.41) is 1.39. The van der Waals surface area contributed by atoms with Crippen molar-refractivity contribution < 1.29 is 19.2 Å². The minimum absolute atomic E-state index is 0.226. The molecule has 1 aliphatic heterocycles. The van der Waals surface area contributed by atoms with E-state index in [2.05, 4.69) is 4.98 Å². The number of hydroxylamine groups is 2. The van der Waals surface area contributed by atoms with Crippen molar-refractivity contribution in [3.8, 4) is 0 Å². The zero-order chi connectivity index (χ0) is 16.8. The van der Waals surface area contributed by atoms with Crippen LogP contribution in [0.25, 0.3) is 10.2 Å². The maximum absolute atomic E-state index is 12.3. The molecule has 0 saturated carbocycles. The van der Waals surface area contributed by atoms with Gasteiger partial charge in [0.2, 0.25) is 0 Å². The first kappa shape index (κ1) is 14.5. The van der Waals surface area contributed by atoms with Gasteiger partial charge in [0.1, 0.15) is 0 Å². The molecule has 2 heterocycles. The van der Waals surface area contributed by atoms with Gasteiger partial charge in [0.15, 0.2) is 0 Å². The number of rotatable bonds is 2. The smallest absolute Gasteiger partial charge is 0.324 e. The molecule has 24 heavy (non-hydrogen) atoms. The van der Waals surface area contributed by atoms with Crippen LogP contribution in [0.1, 0.15) is 36.1 Å². The molecule has 0 aliphatic carbocycles. The number of fused-ring (bicyclic) bond motifs is 2. The molecule has 1 aromatic heterocycles. The van der Waals surface area contributed by atoms with Crippen molar-refractivity contribution in [3.05, 3.63) is 64.2 Å². The molecule has 7 heteroatoms. The lowest BCUT2D eigenvalue weighted by molar-refractivity contribution is -0.0584. The first-order valence-electron chi connectivity index (χ1n) is 7.12. The molecule has 0 saturated heterocycles. The summed E-state index contributed by atoms with van der Waals surface area (Å²) in [4.78, 5) is 46.1. The molecule has 0 atom stereocenters. The van der Waals surface area contributed by atoms with Gasteiger partial charge in [0.05, 0.1) is 31.9 Å². The lowest BCUT2D eigenvalue weighted by Crippen LogP contribution is -2.32. The standard InChI is InChI=1S/C17H10N2O4S/c1-9-18-13-7-6-10(8-14(13)24-9)17(22)23-19-15(20)11-4-2-3-5-12(11)16(19)21/h2-8H,1H3. The zero-order valence-electron chi connectivity index (χ0n) is 12.5. The Balaban J connectivity index is 1.62. The Kier molecular flexibility index (Phi) is 3.17. The van der Waals surface area contributed by atoms with E-state index < -0.39 is 17.8 Å². The van der Waals surface area contributed by atoms with E-state index in [1.54, 1.807) is 30.3 Å². The molecule has 2 aromatic carbocycles. The van der Waals surface area contributed by atoms with E-state index in [1.807, 2.05) is 6.92 Å². The Morgan fingerprint density at radius 3 is 2.42 bits per heavy atom. The van der Waals surface area contributed by atoms with Crippen LogP contribution in [0.5, 0.6) is 0 Å². The predicted molar refractivity (Wildman–Crippen MR) is 86.7 cm³/mol. The summed E-state index contributed by atoms with van der Waals surface area (Å²) in [6.07, 6.45) is 0. The maximum Gasteiger partial charge on any atom is 0.364 e. The number of carbonyl (C=O) groups excluding carboxylic acids is 3. The van der Waals surface area contributed by atoms with Gasteiger partial charge in [0.25, 0.3) is 11.8 Å². The number of aromatic nitrogens is 1. The molecule has 1 aliphatic rings. The highest BCUT2D eigenvalue weighted by atomic mass is 32.1. The molecule has 0 N–H and O–H groups in total. The van der Waals surface area contributed by atoms with Crippen LogP contribution in [0.4, 0.5) is 0 Å². The highest BCUT2D eigenvalue weighted by molar-refractivity contribution is 7.18. The van der Waals surface area contributed by atoms with Crippen molar-refractivity contribution in [1.82, 2.24) is 10.0 Å². The van der Waals surface area contributed by atoms with Crippen LogP contribution in [0.2, 0.25) is 0 Å². The van der Waals surface area contributed by atoms with Crippen molar-refractivity contribution in [2.45, 2.75) is 6.92 Å². The predicted octanol–water partition coefficient (Wildman–Crippen LogP) is 2.97. The molecule has 0 radical (unpaired) electrons. The highest BCUT2D eigenvalue weighted by Gasteiger charge is 2.38. The Labute approximate surface area is 140 Å². The number of hydrogen-bond acceptors (Lipinski definition) is 6. The average molecular weight is 338 g/mol. The molecule has 0 bridgehead atoms. The van der Waals surface area contributed by atoms with Gasteiger partial charge in [0, 0.05) is 0 Å². The number of thiazole rings is 1. The third kappa shape index (κ3) is 2.17. The highest BCUT2D eigenvalue weighted by Crippen LogP contribution is 2.25. The number of carbonyl (C=O) groups is 3. The zero-order valence-corrected chi connectivity index (χ0v) is 13.3. The fourth-order valence-corrected chi connectivity index (χ4v) is 3.42. The lowest BCUT2D eigenvalue weighted by Gasteiger charge is -2.12. The summed E-state index contributed by atoms with van der Waals surface area (Å²) in [7, 11) is 0. The van der Waals surface area contributed by atoms with E-state index in [1.165, 1.54) is 23.5 Å². The van der Waals surface area contributed by atoms with Crippen molar-refractivity contribution in [3.63, 3.8) is 0 Å². The van der Waals surface area contributed by atoms with Gasteiger partial charge >= 0.3 is 5.97 Å². The third-order valence-corrected chi connectivity index (χ3v) is 4.60. The molecule has 3 aromatic rings. The molecule has 118 valence electrons. The largest absolute Gasteiger partial charge is 0.364 e. The molecule has 0 unspecified atom stereocenters. The summed E-state index contributed by atoms with van der Waals surface area (Å²) < 4.78 is 0.837. The average Bonchev–Trinajstić information content (AvgIpc) is 3.07. The second kappa shape index (κ2) is 5.24. The molecular weight excluding hydrogens is 328 g/mol. The Bertz CT molecular complexity index is 989. The van der Waals surface area contributed by atoms with E-state index in [4.69, 9.17) is 4.84 Å².